The highest BCUT2D eigenvalue weighted by Crippen LogP contribution is 2.37. The fraction of sp³-hybridized carbons (Fsp3) is 0.455. The number of nitrogens with two attached hydrogens (primary N) is 1. The van der Waals surface area contributed by atoms with E-state index >= 15 is 0 Å². The first kappa shape index (κ1) is 8.12. The number of benzene rings is 1. The maximum atomic E-state index is 5.65. The number of nitrogens with zero attached hydrogens (tertiary/aromatic N) is 1. The summed E-state index contributed by atoms with van der Waals surface area (Å²) in [5.74, 6) is 0. The van der Waals surface area contributed by atoms with Gasteiger partial charge in [-0.1, -0.05) is 0 Å². The second-order valence-electron chi connectivity index (χ2n) is 4.55. The van der Waals surface area contributed by atoms with Crippen LogP contribution >= 0.6 is 0 Å². The van der Waals surface area contributed by atoms with E-state index in [4.69, 9.17) is 5.73 Å². The molecule has 0 saturated carbocycles. The zero-order valence-electron chi connectivity index (χ0n) is 8.16. The first-order valence-corrected chi connectivity index (χ1v) is 5.09. The lowest BCUT2D eigenvalue weighted by atomic mass is 9.74. The minimum Gasteiger partial charge on any atom is -0.399 e. The van der Waals surface area contributed by atoms with Crippen LogP contribution in [0.1, 0.15) is 0 Å². The number of hydrogen-bond donors (Lipinski definition) is 2. The molecule has 1 aromatic rings. The molecule has 0 atom stereocenters. The molecule has 2 aliphatic heterocycles. The largest absolute Gasteiger partial charge is 0.399 e. The Balaban J connectivity index is 1.70. The standard InChI is InChI=1S/C11H15N3/c12-9-1-3-10(4-2-9)14-7-11(8-14)5-13-6-11/h1-4,13H,5-8,12H2. The number of anilines is 2. The maximum Gasteiger partial charge on any atom is 0.0368 e. The Morgan fingerprint density at radius 1 is 1.14 bits per heavy atom. The molecule has 0 aromatic heterocycles. The molecule has 0 unspecified atom stereocenters. The van der Waals surface area contributed by atoms with Crippen molar-refractivity contribution in [2.45, 2.75) is 0 Å². The van der Waals surface area contributed by atoms with Crippen LogP contribution < -0.4 is 16.0 Å². The molecule has 0 bridgehead atoms. The van der Waals surface area contributed by atoms with E-state index in [1.54, 1.807) is 0 Å². The highest BCUT2D eigenvalue weighted by Gasteiger charge is 2.47. The van der Waals surface area contributed by atoms with E-state index in [1.807, 2.05) is 12.1 Å². The predicted molar refractivity (Wildman–Crippen MR) is 58.4 cm³/mol. The fourth-order valence-corrected chi connectivity index (χ4v) is 2.33. The quantitative estimate of drug-likeness (QED) is 0.638. The zero-order chi connectivity index (χ0) is 9.60. The minimum atomic E-state index is 0.599. The molecule has 0 aliphatic carbocycles. The van der Waals surface area contributed by atoms with E-state index in [-0.39, 0.29) is 0 Å². The van der Waals surface area contributed by atoms with Crippen molar-refractivity contribution in [3.63, 3.8) is 0 Å². The monoisotopic (exact) mass is 189 g/mol. The molecule has 3 heteroatoms. The van der Waals surface area contributed by atoms with E-state index in [9.17, 15) is 0 Å². The van der Waals surface area contributed by atoms with Gasteiger partial charge in [-0.25, -0.2) is 0 Å². The van der Waals surface area contributed by atoms with Gasteiger partial charge in [-0.3, -0.25) is 0 Å². The van der Waals surface area contributed by atoms with Gasteiger partial charge < -0.3 is 16.0 Å². The topological polar surface area (TPSA) is 41.3 Å². The molecule has 2 aliphatic rings. The average molecular weight is 189 g/mol. The number of nitrogens with one attached hydrogen (secondary N) is 1. The Labute approximate surface area is 83.9 Å². The van der Waals surface area contributed by atoms with E-state index < -0.39 is 0 Å². The predicted octanol–water partition coefficient (Wildman–Crippen LogP) is 0.678. The Hall–Kier alpha value is -1.22. The van der Waals surface area contributed by atoms with Crippen LogP contribution in [0.5, 0.6) is 0 Å². The van der Waals surface area contributed by atoms with Crippen LogP contribution in [0.3, 0.4) is 0 Å². The lowest BCUT2D eigenvalue weighted by Gasteiger charge is -2.57. The Bertz CT molecular complexity index is 332. The van der Waals surface area contributed by atoms with E-state index in [0.29, 0.717) is 5.41 Å². The van der Waals surface area contributed by atoms with Gasteiger partial charge in [0.15, 0.2) is 0 Å². The SMILES string of the molecule is Nc1ccc(N2CC3(CNC3)C2)cc1. The molecule has 3 rings (SSSR count). The summed E-state index contributed by atoms with van der Waals surface area (Å²) in [4.78, 5) is 2.42. The average Bonchev–Trinajstić information content (AvgIpc) is 2.03. The van der Waals surface area contributed by atoms with Gasteiger partial charge in [0.1, 0.15) is 0 Å². The Morgan fingerprint density at radius 2 is 1.79 bits per heavy atom. The molecular formula is C11H15N3. The van der Waals surface area contributed by atoms with E-state index in [1.165, 1.54) is 31.9 Å². The van der Waals surface area contributed by atoms with Crippen LogP contribution in [0.2, 0.25) is 0 Å². The summed E-state index contributed by atoms with van der Waals surface area (Å²) in [5.41, 5.74) is 8.39. The fourth-order valence-electron chi connectivity index (χ4n) is 2.33. The molecule has 3 nitrogen and oxygen atoms in total. The number of hydrogen-bond acceptors (Lipinski definition) is 3. The second kappa shape index (κ2) is 2.64. The lowest BCUT2D eigenvalue weighted by Crippen LogP contribution is -2.71. The number of nitrogen functional groups attached to an aromatic ring is 1. The highest BCUT2D eigenvalue weighted by molar-refractivity contribution is 5.55. The summed E-state index contributed by atoms with van der Waals surface area (Å²) in [7, 11) is 0. The lowest BCUT2D eigenvalue weighted by molar-refractivity contribution is 0.121. The maximum absolute atomic E-state index is 5.65. The van der Waals surface area contributed by atoms with Crippen LogP contribution in [0.4, 0.5) is 11.4 Å². The van der Waals surface area contributed by atoms with Crippen LogP contribution in [0, 0.1) is 5.41 Å². The van der Waals surface area contributed by atoms with Gasteiger partial charge in [0, 0.05) is 43.0 Å². The van der Waals surface area contributed by atoms with Crippen LogP contribution in [-0.4, -0.2) is 26.2 Å². The van der Waals surface area contributed by atoms with Gasteiger partial charge in [0.05, 0.1) is 0 Å². The molecule has 1 spiro atoms. The normalized spacial score (nSPS) is 23.0. The molecular weight excluding hydrogens is 174 g/mol. The van der Waals surface area contributed by atoms with Crippen LogP contribution in [0.25, 0.3) is 0 Å². The van der Waals surface area contributed by atoms with Crippen molar-refractivity contribution in [2.75, 3.05) is 36.8 Å². The summed E-state index contributed by atoms with van der Waals surface area (Å²) >= 11 is 0. The molecule has 0 amide bonds. The van der Waals surface area contributed by atoms with Crippen molar-refractivity contribution >= 4 is 11.4 Å². The summed E-state index contributed by atoms with van der Waals surface area (Å²) in [5, 5.41) is 3.34. The summed E-state index contributed by atoms with van der Waals surface area (Å²) in [6.45, 7) is 4.78. The van der Waals surface area contributed by atoms with Crippen molar-refractivity contribution in [2.24, 2.45) is 5.41 Å². The van der Waals surface area contributed by atoms with Crippen molar-refractivity contribution in [1.29, 1.82) is 0 Å². The van der Waals surface area contributed by atoms with Crippen LogP contribution in [-0.2, 0) is 0 Å². The molecule has 2 saturated heterocycles. The number of rotatable bonds is 1. The van der Waals surface area contributed by atoms with Crippen molar-refractivity contribution in [3.05, 3.63) is 24.3 Å². The van der Waals surface area contributed by atoms with Crippen molar-refractivity contribution in [3.8, 4) is 0 Å². The summed E-state index contributed by atoms with van der Waals surface area (Å²) < 4.78 is 0. The molecule has 74 valence electrons. The zero-order valence-corrected chi connectivity index (χ0v) is 8.16. The third-order valence-corrected chi connectivity index (χ3v) is 3.31. The molecule has 1 aromatic carbocycles. The van der Waals surface area contributed by atoms with Gasteiger partial charge in [-0.2, -0.15) is 0 Å². The first-order valence-electron chi connectivity index (χ1n) is 5.09. The van der Waals surface area contributed by atoms with E-state index in [2.05, 4.69) is 22.3 Å². The van der Waals surface area contributed by atoms with Crippen molar-refractivity contribution < 1.29 is 0 Å². The molecule has 2 heterocycles. The van der Waals surface area contributed by atoms with E-state index in [0.717, 1.165) is 5.69 Å². The van der Waals surface area contributed by atoms with Gasteiger partial charge >= 0.3 is 0 Å². The van der Waals surface area contributed by atoms with Gasteiger partial charge in [0.25, 0.3) is 0 Å². The summed E-state index contributed by atoms with van der Waals surface area (Å²) in [6, 6.07) is 8.15. The molecule has 14 heavy (non-hydrogen) atoms. The summed E-state index contributed by atoms with van der Waals surface area (Å²) in [6.07, 6.45) is 0. The molecule has 0 radical (unpaired) electrons. The Kier molecular flexibility index (Phi) is 1.53. The van der Waals surface area contributed by atoms with Gasteiger partial charge in [0.2, 0.25) is 0 Å². The Morgan fingerprint density at radius 3 is 2.29 bits per heavy atom. The van der Waals surface area contributed by atoms with Gasteiger partial charge in [-0.15, -0.1) is 0 Å². The van der Waals surface area contributed by atoms with Gasteiger partial charge in [-0.05, 0) is 24.3 Å². The first-order chi connectivity index (χ1) is 6.77. The highest BCUT2D eigenvalue weighted by atomic mass is 15.3. The smallest absolute Gasteiger partial charge is 0.0368 e. The minimum absolute atomic E-state index is 0.599. The molecule has 2 fully saturated rings. The third-order valence-electron chi connectivity index (χ3n) is 3.31. The van der Waals surface area contributed by atoms with Crippen molar-refractivity contribution in [1.82, 2.24) is 5.32 Å². The third kappa shape index (κ3) is 1.09. The molecule has 3 N–H and O–H groups in total. The van der Waals surface area contributed by atoms with Crippen LogP contribution in [0.15, 0.2) is 24.3 Å². The second-order valence-corrected chi connectivity index (χ2v) is 4.55.